The summed E-state index contributed by atoms with van der Waals surface area (Å²) in [6, 6.07) is 0. The van der Waals surface area contributed by atoms with Gasteiger partial charge in [-0.15, -0.1) is 11.3 Å². The van der Waals surface area contributed by atoms with Gasteiger partial charge in [0.2, 0.25) is 0 Å². The number of aromatic nitrogens is 1. The second-order valence-corrected chi connectivity index (χ2v) is 7.71. The van der Waals surface area contributed by atoms with Crippen molar-refractivity contribution < 1.29 is 14.3 Å². The third-order valence-corrected chi connectivity index (χ3v) is 4.49. The monoisotopic (exact) mass is 326 g/mol. The number of hydrogen-bond donors (Lipinski definition) is 0. The fraction of sp³-hybridized carbons (Fsp3) is 0.750. The number of nitrogens with zero attached hydrogens (tertiary/aromatic N) is 2. The lowest BCUT2D eigenvalue weighted by Gasteiger charge is -2.34. The van der Waals surface area contributed by atoms with Gasteiger partial charge in [0.1, 0.15) is 16.7 Å². The lowest BCUT2D eigenvalue weighted by molar-refractivity contribution is -0.00385. The molecule has 1 aliphatic heterocycles. The number of ether oxygens (including phenoxy) is 2. The molecule has 22 heavy (non-hydrogen) atoms. The van der Waals surface area contributed by atoms with Gasteiger partial charge in [0, 0.05) is 30.6 Å². The lowest BCUT2D eigenvalue weighted by atomic mass is 9.99. The van der Waals surface area contributed by atoms with Crippen molar-refractivity contribution in [2.45, 2.75) is 52.2 Å². The number of hydrogen-bond acceptors (Lipinski definition) is 5. The molecule has 0 unspecified atom stereocenters. The van der Waals surface area contributed by atoms with E-state index in [4.69, 9.17) is 9.47 Å². The molecule has 0 radical (unpaired) electrons. The summed E-state index contributed by atoms with van der Waals surface area (Å²) in [6.07, 6.45) is 3.68. The van der Waals surface area contributed by atoms with Crippen molar-refractivity contribution in [3.05, 3.63) is 16.6 Å². The van der Waals surface area contributed by atoms with E-state index < -0.39 is 5.60 Å². The highest BCUT2D eigenvalue weighted by Gasteiger charge is 2.28. The number of thiazole rings is 1. The topological polar surface area (TPSA) is 51.7 Å². The van der Waals surface area contributed by atoms with Crippen LogP contribution < -0.4 is 0 Å². The molecule has 0 bridgehead atoms. The van der Waals surface area contributed by atoms with Crippen LogP contribution in [0, 0.1) is 5.92 Å². The molecule has 124 valence electrons. The van der Waals surface area contributed by atoms with Crippen molar-refractivity contribution in [3.63, 3.8) is 0 Å². The molecule has 1 aromatic rings. The highest BCUT2D eigenvalue weighted by Crippen LogP contribution is 2.23. The molecule has 0 saturated carbocycles. The van der Waals surface area contributed by atoms with E-state index in [-0.39, 0.29) is 12.2 Å². The molecule has 1 saturated heterocycles. The predicted octanol–water partition coefficient (Wildman–Crippen LogP) is 3.87. The molecule has 0 aromatic carbocycles. The van der Waals surface area contributed by atoms with Gasteiger partial charge in [-0.3, -0.25) is 0 Å². The van der Waals surface area contributed by atoms with Gasteiger partial charge in [0.25, 0.3) is 0 Å². The number of amides is 1. The van der Waals surface area contributed by atoms with Gasteiger partial charge in [0.15, 0.2) is 0 Å². The van der Waals surface area contributed by atoms with Crippen LogP contribution in [0.1, 0.15) is 51.6 Å². The molecule has 0 aliphatic carbocycles. The molecule has 1 aliphatic rings. The zero-order valence-corrected chi connectivity index (χ0v) is 14.7. The first kappa shape index (κ1) is 17.2. The van der Waals surface area contributed by atoms with E-state index in [1.807, 2.05) is 33.1 Å². The summed E-state index contributed by atoms with van der Waals surface area (Å²) in [5.41, 5.74) is -0.445. The Balaban J connectivity index is 1.79. The Morgan fingerprint density at radius 1 is 1.55 bits per heavy atom. The Bertz CT molecular complexity index is 470. The van der Waals surface area contributed by atoms with Crippen molar-refractivity contribution in [3.8, 4) is 0 Å². The van der Waals surface area contributed by atoms with E-state index in [1.165, 1.54) is 0 Å². The van der Waals surface area contributed by atoms with Crippen molar-refractivity contribution in [2.75, 3.05) is 19.7 Å². The van der Waals surface area contributed by atoms with Crippen LogP contribution in [0.5, 0.6) is 0 Å². The first-order chi connectivity index (χ1) is 10.3. The number of carbonyl (C=O) groups is 1. The maximum Gasteiger partial charge on any atom is 0.410 e. The molecule has 1 aromatic heterocycles. The van der Waals surface area contributed by atoms with Crippen molar-refractivity contribution in [2.24, 2.45) is 5.92 Å². The third-order valence-electron chi connectivity index (χ3n) is 3.55. The minimum atomic E-state index is -0.445. The minimum absolute atomic E-state index is 0.0110. The van der Waals surface area contributed by atoms with Gasteiger partial charge < -0.3 is 14.4 Å². The van der Waals surface area contributed by atoms with Crippen LogP contribution >= 0.6 is 11.3 Å². The Hall–Kier alpha value is -1.14. The van der Waals surface area contributed by atoms with Crippen LogP contribution in [0.2, 0.25) is 0 Å². The number of rotatable bonds is 4. The van der Waals surface area contributed by atoms with E-state index in [2.05, 4.69) is 4.98 Å². The summed E-state index contributed by atoms with van der Waals surface area (Å²) in [7, 11) is 0. The van der Waals surface area contributed by atoms with Crippen molar-refractivity contribution in [1.29, 1.82) is 0 Å². The van der Waals surface area contributed by atoms with E-state index in [0.29, 0.717) is 19.1 Å². The van der Waals surface area contributed by atoms with E-state index in [9.17, 15) is 4.79 Å². The molecule has 2 heterocycles. The smallest absolute Gasteiger partial charge is 0.410 e. The first-order valence-electron chi connectivity index (χ1n) is 7.84. The molecule has 1 amide bonds. The molecule has 2 atom stereocenters. The first-order valence-corrected chi connectivity index (χ1v) is 8.72. The number of carbonyl (C=O) groups excluding carboxylic acids is 1. The normalized spacial score (nSPS) is 20.7. The lowest BCUT2D eigenvalue weighted by Crippen LogP contribution is -2.43. The van der Waals surface area contributed by atoms with Crippen LogP contribution in [-0.4, -0.2) is 41.3 Å². The van der Waals surface area contributed by atoms with Gasteiger partial charge >= 0.3 is 6.09 Å². The SMILES string of the molecule is C[C@@H](OC[C@H]1CCCN(C(=O)OC(C)(C)C)C1)c1nccs1. The Morgan fingerprint density at radius 2 is 2.32 bits per heavy atom. The maximum atomic E-state index is 12.1. The predicted molar refractivity (Wildman–Crippen MR) is 87.0 cm³/mol. The quantitative estimate of drug-likeness (QED) is 0.843. The van der Waals surface area contributed by atoms with Gasteiger partial charge in [0.05, 0.1) is 6.61 Å². The summed E-state index contributed by atoms with van der Waals surface area (Å²) in [4.78, 5) is 18.2. The van der Waals surface area contributed by atoms with Gasteiger partial charge in [-0.25, -0.2) is 9.78 Å². The molecule has 1 fully saturated rings. The molecular weight excluding hydrogens is 300 g/mol. The van der Waals surface area contributed by atoms with Crippen molar-refractivity contribution >= 4 is 17.4 Å². The summed E-state index contributed by atoms with van der Waals surface area (Å²) < 4.78 is 11.4. The summed E-state index contributed by atoms with van der Waals surface area (Å²) in [5.74, 6) is 0.365. The fourth-order valence-electron chi connectivity index (χ4n) is 2.48. The fourth-order valence-corrected chi connectivity index (χ4v) is 3.12. The van der Waals surface area contributed by atoms with Crippen LogP contribution in [0.25, 0.3) is 0 Å². The Labute approximate surface area is 136 Å². The number of likely N-dealkylation sites (tertiary alicyclic amines) is 1. The van der Waals surface area contributed by atoms with E-state index >= 15 is 0 Å². The zero-order valence-electron chi connectivity index (χ0n) is 13.9. The van der Waals surface area contributed by atoms with Crippen LogP contribution in [0.3, 0.4) is 0 Å². The standard InChI is InChI=1S/C16H26N2O3S/c1-12(14-17-7-9-22-14)20-11-13-6-5-8-18(10-13)15(19)21-16(2,3)4/h7,9,12-13H,5-6,8,10-11H2,1-4H3/t12-,13+/m1/s1. The second-order valence-electron chi connectivity index (χ2n) is 6.78. The van der Waals surface area contributed by atoms with E-state index in [0.717, 1.165) is 24.4 Å². The van der Waals surface area contributed by atoms with Gasteiger partial charge in [-0.2, -0.15) is 0 Å². The van der Waals surface area contributed by atoms with Crippen LogP contribution in [0.4, 0.5) is 4.79 Å². The molecule has 2 rings (SSSR count). The highest BCUT2D eigenvalue weighted by atomic mass is 32.1. The van der Waals surface area contributed by atoms with Crippen LogP contribution in [-0.2, 0) is 9.47 Å². The Morgan fingerprint density at radius 3 is 2.95 bits per heavy atom. The minimum Gasteiger partial charge on any atom is -0.444 e. The van der Waals surface area contributed by atoms with E-state index in [1.54, 1.807) is 22.4 Å². The third kappa shape index (κ3) is 5.25. The highest BCUT2D eigenvalue weighted by molar-refractivity contribution is 7.09. The molecule has 5 nitrogen and oxygen atoms in total. The van der Waals surface area contributed by atoms with Crippen molar-refractivity contribution in [1.82, 2.24) is 9.88 Å². The maximum absolute atomic E-state index is 12.1. The average molecular weight is 326 g/mol. The number of piperidine rings is 1. The second kappa shape index (κ2) is 7.42. The Kier molecular flexibility index (Phi) is 5.81. The molecule has 6 heteroatoms. The van der Waals surface area contributed by atoms with Gasteiger partial charge in [-0.1, -0.05) is 0 Å². The summed E-state index contributed by atoms with van der Waals surface area (Å²) >= 11 is 1.61. The summed E-state index contributed by atoms with van der Waals surface area (Å²) in [5, 5.41) is 2.96. The molecule has 0 N–H and O–H groups in total. The van der Waals surface area contributed by atoms with Crippen LogP contribution in [0.15, 0.2) is 11.6 Å². The largest absolute Gasteiger partial charge is 0.444 e. The van der Waals surface area contributed by atoms with Gasteiger partial charge in [-0.05, 0) is 40.5 Å². The summed E-state index contributed by atoms with van der Waals surface area (Å²) in [6.45, 7) is 9.84. The molecule has 0 spiro atoms. The zero-order chi connectivity index (χ0) is 16.2. The molecular formula is C16H26N2O3S. The average Bonchev–Trinajstić information content (AvgIpc) is 2.97.